The fourth-order valence-electron chi connectivity index (χ4n) is 2.41. The van der Waals surface area contributed by atoms with Crippen LogP contribution in [0, 0.1) is 13.8 Å². The van der Waals surface area contributed by atoms with Gasteiger partial charge in [-0.2, -0.15) is 0 Å². The number of aromatic nitrogens is 2. The van der Waals surface area contributed by atoms with Crippen LogP contribution in [0.5, 0.6) is 0 Å². The van der Waals surface area contributed by atoms with Crippen LogP contribution in [0.2, 0.25) is 0 Å². The van der Waals surface area contributed by atoms with E-state index in [9.17, 15) is 4.79 Å². The highest BCUT2D eigenvalue weighted by Crippen LogP contribution is 2.30. The lowest BCUT2D eigenvalue weighted by atomic mass is 10.1. The van der Waals surface area contributed by atoms with Crippen molar-refractivity contribution < 1.29 is 9.53 Å². The first kappa shape index (κ1) is 17.5. The number of nitrogens with zero attached hydrogens (tertiary/aromatic N) is 2. The Hall–Kier alpha value is -1.82. The summed E-state index contributed by atoms with van der Waals surface area (Å²) in [4.78, 5) is 21.6. The summed E-state index contributed by atoms with van der Waals surface area (Å²) in [6, 6.07) is 3.98. The molecule has 0 unspecified atom stereocenters. The van der Waals surface area contributed by atoms with Gasteiger partial charge in [0.2, 0.25) is 0 Å². The third-order valence-corrected chi connectivity index (χ3v) is 3.66. The zero-order valence-electron chi connectivity index (χ0n) is 14.1. The number of carbonyl (C=O) groups is 1. The van der Waals surface area contributed by atoms with Crippen LogP contribution in [0.1, 0.15) is 37.7 Å². The molecule has 1 heterocycles. The zero-order valence-corrected chi connectivity index (χ0v) is 15.7. The Bertz CT molecular complexity index is 667. The average Bonchev–Trinajstić information content (AvgIpc) is 2.87. The number of halogens is 1. The highest BCUT2D eigenvalue weighted by molar-refractivity contribution is 9.10. The minimum absolute atomic E-state index is 0.325. The van der Waals surface area contributed by atoms with Crippen LogP contribution in [0.25, 0.3) is 0 Å². The fraction of sp³-hybridized carbons (Fsp3) is 0.412. The monoisotopic (exact) mass is 379 g/mol. The van der Waals surface area contributed by atoms with Gasteiger partial charge in [-0.3, -0.25) is 4.90 Å². The summed E-state index contributed by atoms with van der Waals surface area (Å²) in [5.41, 5.74) is 2.28. The number of amides is 1. The van der Waals surface area contributed by atoms with Crippen LogP contribution in [0.4, 0.5) is 10.5 Å². The summed E-state index contributed by atoms with van der Waals surface area (Å²) in [6.45, 7) is 9.86. The number of ether oxygens (including phenoxy) is 1. The van der Waals surface area contributed by atoms with Crippen LogP contribution < -0.4 is 4.90 Å². The van der Waals surface area contributed by atoms with Crippen molar-refractivity contribution in [3.63, 3.8) is 0 Å². The zero-order chi connectivity index (χ0) is 17.2. The van der Waals surface area contributed by atoms with Crippen molar-refractivity contribution in [2.75, 3.05) is 4.90 Å². The van der Waals surface area contributed by atoms with Crippen LogP contribution in [-0.4, -0.2) is 21.7 Å². The van der Waals surface area contributed by atoms with Crippen molar-refractivity contribution in [3.05, 3.63) is 46.0 Å². The first-order valence-electron chi connectivity index (χ1n) is 7.43. The first-order chi connectivity index (χ1) is 10.7. The summed E-state index contributed by atoms with van der Waals surface area (Å²) < 4.78 is 6.56. The van der Waals surface area contributed by atoms with Gasteiger partial charge in [-0.05, 0) is 57.9 Å². The maximum atomic E-state index is 12.7. The number of nitrogens with one attached hydrogen (secondary N) is 1. The SMILES string of the molecule is Cc1cc(Br)cc(C)c1N(Cc1ncc[nH]1)C(=O)OC(C)(C)C. The Balaban J connectivity index is 2.43. The molecule has 0 aliphatic heterocycles. The number of carbonyl (C=O) groups excluding carboxylic acids is 1. The number of hydrogen-bond donors (Lipinski definition) is 1. The van der Waals surface area contributed by atoms with Gasteiger partial charge in [0, 0.05) is 16.9 Å². The smallest absolute Gasteiger partial charge is 0.415 e. The molecule has 0 fully saturated rings. The Morgan fingerprint density at radius 2 is 1.91 bits per heavy atom. The third-order valence-electron chi connectivity index (χ3n) is 3.20. The van der Waals surface area contributed by atoms with Crippen LogP contribution in [-0.2, 0) is 11.3 Å². The molecule has 1 N–H and O–H groups in total. The summed E-state index contributed by atoms with van der Waals surface area (Å²) in [5.74, 6) is 0.706. The minimum atomic E-state index is -0.560. The van der Waals surface area contributed by atoms with E-state index in [-0.39, 0.29) is 6.09 Å². The van der Waals surface area contributed by atoms with Crippen molar-refractivity contribution in [1.82, 2.24) is 9.97 Å². The van der Waals surface area contributed by atoms with Crippen molar-refractivity contribution in [2.24, 2.45) is 0 Å². The van der Waals surface area contributed by atoms with Gasteiger partial charge in [-0.25, -0.2) is 9.78 Å². The maximum Gasteiger partial charge on any atom is 0.415 e. The normalized spacial score (nSPS) is 11.4. The van der Waals surface area contributed by atoms with Gasteiger partial charge in [0.25, 0.3) is 0 Å². The van der Waals surface area contributed by atoms with E-state index in [4.69, 9.17) is 4.74 Å². The third kappa shape index (κ3) is 4.58. The van der Waals surface area contributed by atoms with E-state index >= 15 is 0 Å². The molecule has 0 bridgehead atoms. The largest absolute Gasteiger partial charge is 0.443 e. The first-order valence-corrected chi connectivity index (χ1v) is 8.22. The second-order valence-electron chi connectivity index (χ2n) is 6.49. The number of anilines is 1. The average molecular weight is 380 g/mol. The van der Waals surface area contributed by atoms with E-state index in [2.05, 4.69) is 25.9 Å². The minimum Gasteiger partial charge on any atom is -0.443 e. The molecule has 124 valence electrons. The van der Waals surface area contributed by atoms with Crippen molar-refractivity contribution in [2.45, 2.75) is 46.8 Å². The lowest BCUT2D eigenvalue weighted by Gasteiger charge is -2.29. The number of imidazole rings is 1. The number of H-pyrrole nitrogens is 1. The number of rotatable bonds is 3. The molecule has 1 amide bonds. The maximum absolute atomic E-state index is 12.7. The number of aromatic amines is 1. The van der Waals surface area contributed by atoms with Crippen molar-refractivity contribution >= 4 is 27.7 Å². The highest BCUT2D eigenvalue weighted by Gasteiger charge is 2.26. The molecule has 0 aliphatic carbocycles. The van der Waals surface area contributed by atoms with Gasteiger partial charge in [-0.1, -0.05) is 15.9 Å². The van der Waals surface area contributed by atoms with Crippen LogP contribution >= 0.6 is 15.9 Å². The molecule has 0 atom stereocenters. The van der Waals surface area contributed by atoms with Crippen LogP contribution in [0.15, 0.2) is 29.0 Å². The van der Waals surface area contributed by atoms with E-state index < -0.39 is 5.60 Å². The van der Waals surface area contributed by atoms with Crippen molar-refractivity contribution in [1.29, 1.82) is 0 Å². The molecule has 0 aliphatic rings. The second-order valence-corrected chi connectivity index (χ2v) is 7.41. The summed E-state index contributed by atoms with van der Waals surface area (Å²) >= 11 is 3.49. The molecule has 1 aromatic carbocycles. The molecule has 23 heavy (non-hydrogen) atoms. The number of benzene rings is 1. The predicted octanol–water partition coefficient (Wildman–Crippen LogP) is 4.73. The number of hydrogen-bond acceptors (Lipinski definition) is 3. The fourth-order valence-corrected chi connectivity index (χ4v) is 3.10. The Morgan fingerprint density at radius 3 is 2.39 bits per heavy atom. The molecule has 2 rings (SSSR count). The van der Waals surface area contributed by atoms with Gasteiger partial charge < -0.3 is 9.72 Å². The number of aryl methyl sites for hydroxylation is 2. The van der Waals surface area contributed by atoms with E-state index in [0.717, 1.165) is 21.3 Å². The molecule has 0 saturated carbocycles. The van der Waals surface area contributed by atoms with Gasteiger partial charge in [0.05, 0.1) is 12.2 Å². The van der Waals surface area contributed by atoms with Crippen LogP contribution in [0.3, 0.4) is 0 Å². The van der Waals surface area contributed by atoms with E-state index in [0.29, 0.717) is 12.4 Å². The molecule has 0 saturated heterocycles. The summed E-state index contributed by atoms with van der Waals surface area (Å²) in [6.07, 6.45) is 3.02. The summed E-state index contributed by atoms with van der Waals surface area (Å²) in [5, 5.41) is 0. The Morgan fingerprint density at radius 1 is 1.30 bits per heavy atom. The highest BCUT2D eigenvalue weighted by atomic mass is 79.9. The Labute approximate surface area is 145 Å². The second kappa shape index (κ2) is 6.74. The molecule has 2 aromatic rings. The molecule has 5 nitrogen and oxygen atoms in total. The summed E-state index contributed by atoms with van der Waals surface area (Å²) in [7, 11) is 0. The molecule has 1 aromatic heterocycles. The predicted molar refractivity (Wildman–Crippen MR) is 94.6 cm³/mol. The van der Waals surface area contributed by atoms with E-state index in [1.165, 1.54) is 0 Å². The van der Waals surface area contributed by atoms with Gasteiger partial charge >= 0.3 is 6.09 Å². The topological polar surface area (TPSA) is 58.2 Å². The standard InChI is InChI=1S/C17H22BrN3O2/c1-11-8-13(18)9-12(2)15(11)21(10-14-19-6-7-20-14)16(22)23-17(3,4)5/h6-9H,10H2,1-5H3,(H,19,20). The lowest BCUT2D eigenvalue weighted by molar-refractivity contribution is 0.0576. The van der Waals surface area contributed by atoms with E-state index in [1.807, 2.05) is 46.8 Å². The quantitative estimate of drug-likeness (QED) is 0.838. The molecular formula is C17H22BrN3O2. The van der Waals surface area contributed by atoms with Gasteiger partial charge in [-0.15, -0.1) is 0 Å². The van der Waals surface area contributed by atoms with Gasteiger partial charge in [0.15, 0.2) is 0 Å². The molecule has 6 heteroatoms. The van der Waals surface area contributed by atoms with Crippen molar-refractivity contribution in [3.8, 4) is 0 Å². The van der Waals surface area contributed by atoms with Gasteiger partial charge in [0.1, 0.15) is 11.4 Å². The Kier molecular flexibility index (Phi) is 5.14. The van der Waals surface area contributed by atoms with E-state index in [1.54, 1.807) is 17.3 Å². The molecule has 0 spiro atoms. The lowest BCUT2D eigenvalue weighted by Crippen LogP contribution is -2.37. The molecular weight excluding hydrogens is 358 g/mol. The molecule has 0 radical (unpaired) electrons.